The number of rotatable bonds is 10. The van der Waals surface area contributed by atoms with E-state index in [0.29, 0.717) is 49.2 Å². The molecule has 6 N–H and O–H groups in total. The highest BCUT2D eigenvalue weighted by Gasteiger charge is 2.38. The second-order valence-corrected chi connectivity index (χ2v) is 9.35. The number of benzene rings is 1. The number of anilines is 1. The van der Waals surface area contributed by atoms with E-state index in [1.807, 2.05) is 24.6 Å². The highest BCUT2D eigenvalue weighted by atomic mass is 19.4. The number of aromatic nitrogens is 2. The predicted molar refractivity (Wildman–Crippen MR) is 132 cm³/mol. The lowest BCUT2D eigenvalue weighted by Crippen LogP contribution is -2.44. The smallest absolute Gasteiger partial charge is 0.415 e. The number of aliphatic hydroxyl groups is 2. The molecule has 0 aliphatic heterocycles. The minimum Gasteiger partial charge on any atom is -0.490 e. The summed E-state index contributed by atoms with van der Waals surface area (Å²) in [4.78, 5) is 4.43. The zero-order chi connectivity index (χ0) is 26.5. The highest BCUT2D eigenvalue weighted by Crippen LogP contribution is 2.31. The van der Waals surface area contributed by atoms with Gasteiger partial charge < -0.3 is 35.5 Å². The average molecular weight is 513 g/mol. The van der Waals surface area contributed by atoms with E-state index < -0.39 is 24.9 Å². The average Bonchev–Trinajstić information content (AvgIpc) is 3.17. The first kappa shape index (κ1) is 27.8. The summed E-state index contributed by atoms with van der Waals surface area (Å²) < 4.78 is 45.6. The minimum atomic E-state index is -4.62. The van der Waals surface area contributed by atoms with Gasteiger partial charge in [-0.15, -0.1) is 0 Å². The number of nitrogens with zero attached hydrogens (tertiary/aromatic N) is 2. The molecule has 0 saturated heterocycles. The predicted octanol–water partition coefficient (Wildman–Crippen LogP) is 3.04. The van der Waals surface area contributed by atoms with Crippen molar-refractivity contribution in [1.29, 1.82) is 5.41 Å². The Morgan fingerprint density at radius 1 is 1.25 bits per heavy atom. The van der Waals surface area contributed by atoms with Gasteiger partial charge in [-0.1, -0.05) is 0 Å². The van der Waals surface area contributed by atoms with Gasteiger partial charge in [0.25, 0.3) is 0 Å². The summed E-state index contributed by atoms with van der Waals surface area (Å²) in [5, 5.41) is 35.8. The first-order chi connectivity index (χ1) is 16.9. The normalized spacial score (nSPS) is 20.7. The summed E-state index contributed by atoms with van der Waals surface area (Å²) in [6.45, 7) is 3.35. The van der Waals surface area contributed by atoms with Crippen LogP contribution >= 0.6 is 0 Å². The summed E-state index contributed by atoms with van der Waals surface area (Å²) in [5.41, 5.74) is 2.86. The second-order valence-electron chi connectivity index (χ2n) is 9.35. The molecular formula is C24H35F3N6O3. The SMILES string of the molecule is C/C(=C/C(=N)Nc1cc(O[C@H]2CC[C@@H](NC[C@@H](O)C(F)(F)F)CC2)cc2c1ncn2C)NCC(C)O. The third kappa shape index (κ3) is 7.84. The van der Waals surface area contributed by atoms with Crippen molar-refractivity contribution in [2.24, 2.45) is 7.05 Å². The molecule has 1 aliphatic carbocycles. The Hall–Kier alpha value is -2.83. The molecule has 1 fully saturated rings. The number of ether oxygens (including phenoxy) is 1. The van der Waals surface area contributed by atoms with Gasteiger partial charge >= 0.3 is 6.18 Å². The van der Waals surface area contributed by atoms with Gasteiger partial charge in [-0.2, -0.15) is 13.2 Å². The highest BCUT2D eigenvalue weighted by molar-refractivity contribution is 6.06. The molecular weight excluding hydrogens is 477 g/mol. The van der Waals surface area contributed by atoms with Crippen LogP contribution in [-0.2, 0) is 7.05 Å². The zero-order valence-corrected chi connectivity index (χ0v) is 20.7. The summed E-state index contributed by atoms with van der Waals surface area (Å²) in [7, 11) is 1.87. The number of allylic oxidation sites excluding steroid dienone is 1. The fourth-order valence-corrected chi connectivity index (χ4v) is 4.10. The van der Waals surface area contributed by atoms with Crippen LogP contribution in [0.1, 0.15) is 39.5 Å². The van der Waals surface area contributed by atoms with Gasteiger partial charge in [0.15, 0.2) is 6.10 Å². The van der Waals surface area contributed by atoms with Gasteiger partial charge in [0, 0.05) is 44.0 Å². The largest absolute Gasteiger partial charge is 0.490 e. The monoisotopic (exact) mass is 512 g/mol. The number of hydrogen-bond donors (Lipinski definition) is 6. The molecule has 0 radical (unpaired) electrons. The quantitative estimate of drug-likeness (QED) is 0.213. The van der Waals surface area contributed by atoms with Gasteiger partial charge in [0.2, 0.25) is 0 Å². The van der Waals surface area contributed by atoms with Gasteiger partial charge in [0.1, 0.15) is 17.1 Å². The van der Waals surface area contributed by atoms with Crippen molar-refractivity contribution < 1.29 is 28.1 Å². The molecule has 0 bridgehead atoms. The van der Waals surface area contributed by atoms with Crippen molar-refractivity contribution in [2.75, 3.05) is 18.4 Å². The van der Waals surface area contributed by atoms with Crippen molar-refractivity contribution in [3.63, 3.8) is 0 Å². The Bertz CT molecular complexity index is 1060. The van der Waals surface area contributed by atoms with E-state index >= 15 is 0 Å². The van der Waals surface area contributed by atoms with Crippen molar-refractivity contribution >= 4 is 22.6 Å². The van der Waals surface area contributed by atoms with E-state index in [0.717, 1.165) is 11.2 Å². The first-order valence-corrected chi connectivity index (χ1v) is 12.0. The molecule has 1 heterocycles. The lowest BCUT2D eigenvalue weighted by molar-refractivity contribution is -0.202. The molecule has 12 heteroatoms. The van der Waals surface area contributed by atoms with Crippen molar-refractivity contribution in [3.8, 4) is 5.75 Å². The Balaban J connectivity index is 1.63. The number of aliphatic hydroxyl groups excluding tert-OH is 2. The number of amidine groups is 1. The van der Waals surface area contributed by atoms with E-state index in [1.165, 1.54) is 0 Å². The number of imidazole rings is 1. The maximum Gasteiger partial charge on any atom is 0.415 e. The Morgan fingerprint density at radius 3 is 2.58 bits per heavy atom. The summed E-state index contributed by atoms with van der Waals surface area (Å²) in [6.07, 6.45) is -1.68. The zero-order valence-electron chi connectivity index (χ0n) is 20.7. The number of aryl methyl sites for hydroxylation is 1. The molecule has 2 aromatic rings. The molecule has 1 aliphatic rings. The Labute approximate surface area is 208 Å². The maximum absolute atomic E-state index is 12.5. The van der Waals surface area contributed by atoms with E-state index in [9.17, 15) is 23.4 Å². The third-order valence-corrected chi connectivity index (χ3v) is 6.06. The fourth-order valence-electron chi connectivity index (χ4n) is 4.10. The lowest BCUT2D eigenvalue weighted by Gasteiger charge is -2.30. The molecule has 0 spiro atoms. The number of fused-ring (bicyclic) bond motifs is 1. The molecule has 9 nitrogen and oxygen atoms in total. The topological polar surface area (TPSA) is 127 Å². The molecule has 0 amide bonds. The Morgan fingerprint density at radius 2 is 1.94 bits per heavy atom. The van der Waals surface area contributed by atoms with Gasteiger partial charge in [-0.3, -0.25) is 5.41 Å². The molecule has 3 rings (SSSR count). The maximum atomic E-state index is 12.5. The summed E-state index contributed by atoms with van der Waals surface area (Å²) >= 11 is 0. The minimum absolute atomic E-state index is 0.0969. The number of nitrogens with one attached hydrogen (secondary N) is 4. The van der Waals surface area contributed by atoms with Crippen LogP contribution in [0.5, 0.6) is 5.75 Å². The van der Waals surface area contributed by atoms with Crippen molar-refractivity contribution in [2.45, 2.75) is 70.1 Å². The fraction of sp³-hybridized carbons (Fsp3) is 0.583. The number of halogens is 3. The summed E-state index contributed by atoms with van der Waals surface area (Å²) in [6, 6.07) is 3.57. The molecule has 1 aromatic carbocycles. The molecule has 1 unspecified atom stereocenters. The lowest BCUT2D eigenvalue weighted by atomic mass is 9.93. The van der Waals surface area contributed by atoms with Crippen LogP contribution in [0.25, 0.3) is 11.0 Å². The van der Waals surface area contributed by atoms with Crippen LogP contribution < -0.4 is 20.7 Å². The van der Waals surface area contributed by atoms with Crippen molar-refractivity contribution in [1.82, 2.24) is 20.2 Å². The third-order valence-electron chi connectivity index (χ3n) is 6.06. The van der Waals surface area contributed by atoms with Crippen LogP contribution in [-0.4, -0.2) is 69.2 Å². The van der Waals surface area contributed by atoms with Crippen LogP contribution in [0.3, 0.4) is 0 Å². The molecule has 1 saturated carbocycles. The summed E-state index contributed by atoms with van der Waals surface area (Å²) in [5.74, 6) is 0.751. The second kappa shape index (κ2) is 11.9. The molecule has 36 heavy (non-hydrogen) atoms. The van der Waals surface area contributed by atoms with Crippen LogP contribution in [0.4, 0.5) is 18.9 Å². The van der Waals surface area contributed by atoms with Crippen LogP contribution in [0.15, 0.2) is 30.2 Å². The van der Waals surface area contributed by atoms with E-state index in [4.69, 9.17) is 10.1 Å². The molecule has 2 atom stereocenters. The first-order valence-electron chi connectivity index (χ1n) is 12.0. The Kier molecular flexibility index (Phi) is 9.20. The standard InChI is InChI=1S/C24H35F3N6O3/c1-14(29-11-15(2)34)8-22(28)32-19-9-18(10-20-23(19)31-13-33(20)3)36-17-6-4-16(5-7-17)30-12-21(35)24(25,26)27/h8-10,13,15-17,21,29-30,34-35H,4-7,11-12H2,1-3H3,(H2,28,32)/b14-8-/t15?,16-,17+,21-/m1/s1. The van der Waals surface area contributed by atoms with E-state index in [2.05, 4.69) is 20.9 Å². The van der Waals surface area contributed by atoms with E-state index in [-0.39, 0.29) is 18.0 Å². The van der Waals surface area contributed by atoms with Crippen LogP contribution in [0.2, 0.25) is 0 Å². The van der Waals surface area contributed by atoms with Gasteiger partial charge in [-0.05, 0) is 45.6 Å². The molecule has 1 aromatic heterocycles. The van der Waals surface area contributed by atoms with E-state index in [1.54, 1.807) is 25.4 Å². The van der Waals surface area contributed by atoms with Gasteiger partial charge in [-0.25, -0.2) is 4.98 Å². The van der Waals surface area contributed by atoms with Crippen molar-refractivity contribution in [3.05, 3.63) is 30.2 Å². The van der Waals surface area contributed by atoms with Crippen LogP contribution in [0, 0.1) is 5.41 Å². The molecule has 200 valence electrons. The number of hydrogen-bond acceptors (Lipinski definition) is 7. The number of alkyl halides is 3. The van der Waals surface area contributed by atoms with Gasteiger partial charge in [0.05, 0.1) is 29.7 Å².